The van der Waals surface area contributed by atoms with Gasteiger partial charge in [-0.1, -0.05) is 0 Å². The first-order valence-electron chi connectivity index (χ1n) is 3.27. The van der Waals surface area contributed by atoms with E-state index in [0.29, 0.717) is 12.1 Å². The van der Waals surface area contributed by atoms with Crippen LogP contribution in [0.15, 0.2) is 12.1 Å². The summed E-state index contributed by atoms with van der Waals surface area (Å²) in [6.45, 7) is -1.27. The van der Waals surface area contributed by atoms with Crippen molar-refractivity contribution in [3.63, 3.8) is 0 Å². The lowest BCUT2D eigenvalue weighted by atomic mass is 10.2. The van der Waals surface area contributed by atoms with Crippen LogP contribution in [0.3, 0.4) is 0 Å². The zero-order chi connectivity index (χ0) is 9.84. The Hall–Kier alpha value is -1.70. The van der Waals surface area contributed by atoms with E-state index in [1.807, 2.05) is 0 Å². The third kappa shape index (κ3) is 1.90. The Bertz CT molecular complexity index is 359. The van der Waals surface area contributed by atoms with Gasteiger partial charge in [-0.25, -0.2) is 13.2 Å². The minimum Gasteiger partial charge on any atom is -0.460 e. The predicted molar refractivity (Wildman–Crippen MR) is 37.7 cm³/mol. The fraction of sp³-hybridized carbons (Fsp3) is 0.125. The lowest BCUT2D eigenvalue weighted by Gasteiger charge is -2.03. The van der Waals surface area contributed by atoms with Crippen molar-refractivity contribution >= 4 is 0 Å². The molecule has 0 amide bonds. The maximum atomic E-state index is 13.0. The highest BCUT2D eigenvalue weighted by Crippen LogP contribution is 2.21. The zero-order valence-corrected chi connectivity index (χ0v) is 6.35. The number of halogens is 3. The van der Waals surface area contributed by atoms with Crippen molar-refractivity contribution in [1.29, 1.82) is 5.26 Å². The lowest BCUT2D eigenvalue weighted by Crippen LogP contribution is -1.97. The number of hydrogen-bond acceptors (Lipinski definition) is 2. The Balaban J connectivity index is 3.21. The highest BCUT2D eigenvalue weighted by Gasteiger charge is 2.11. The molecule has 0 aromatic heterocycles. The maximum Gasteiger partial charge on any atom is 0.228 e. The van der Waals surface area contributed by atoms with E-state index in [-0.39, 0.29) is 0 Å². The normalized spacial score (nSPS) is 9.38. The third-order valence-electron chi connectivity index (χ3n) is 1.33. The van der Waals surface area contributed by atoms with Crippen molar-refractivity contribution in [2.24, 2.45) is 0 Å². The van der Waals surface area contributed by atoms with Gasteiger partial charge in [-0.05, 0) is 6.07 Å². The van der Waals surface area contributed by atoms with Crippen LogP contribution in [-0.4, -0.2) is 6.86 Å². The quantitative estimate of drug-likeness (QED) is 0.710. The monoisotopic (exact) mass is 187 g/mol. The van der Waals surface area contributed by atoms with Gasteiger partial charge in [0.05, 0.1) is 5.56 Å². The second kappa shape index (κ2) is 3.81. The van der Waals surface area contributed by atoms with E-state index >= 15 is 0 Å². The van der Waals surface area contributed by atoms with Gasteiger partial charge in [0, 0.05) is 6.07 Å². The van der Waals surface area contributed by atoms with Gasteiger partial charge in [-0.3, -0.25) is 0 Å². The summed E-state index contributed by atoms with van der Waals surface area (Å²) in [5, 5.41) is 8.33. The van der Waals surface area contributed by atoms with Crippen LogP contribution in [0.25, 0.3) is 0 Å². The maximum absolute atomic E-state index is 13.0. The van der Waals surface area contributed by atoms with Gasteiger partial charge in [0.2, 0.25) is 6.86 Å². The van der Waals surface area contributed by atoms with Crippen molar-refractivity contribution in [3.05, 3.63) is 29.3 Å². The molecular formula is C8H4F3NO. The summed E-state index contributed by atoms with van der Waals surface area (Å²) in [4.78, 5) is 0. The highest BCUT2D eigenvalue weighted by atomic mass is 19.1. The molecule has 0 spiro atoms. The van der Waals surface area contributed by atoms with Gasteiger partial charge in [0.15, 0.2) is 11.6 Å². The van der Waals surface area contributed by atoms with E-state index in [0.717, 1.165) is 0 Å². The molecule has 0 heterocycles. The first-order valence-corrected chi connectivity index (χ1v) is 3.27. The standard InChI is InChI=1S/C8H4F3NO/c9-4-13-7-2-6(10)1-5(3-12)8(7)11/h1-2H,4H2. The van der Waals surface area contributed by atoms with Crippen molar-refractivity contribution in [3.8, 4) is 11.8 Å². The van der Waals surface area contributed by atoms with E-state index in [9.17, 15) is 13.2 Å². The molecule has 5 heteroatoms. The number of alkyl halides is 1. The lowest BCUT2D eigenvalue weighted by molar-refractivity contribution is 0.183. The molecule has 0 aliphatic heterocycles. The Morgan fingerprint density at radius 1 is 1.38 bits per heavy atom. The van der Waals surface area contributed by atoms with Crippen LogP contribution in [0, 0.1) is 23.0 Å². The first kappa shape index (κ1) is 9.39. The molecule has 2 nitrogen and oxygen atoms in total. The van der Waals surface area contributed by atoms with Crippen LogP contribution < -0.4 is 4.74 Å². The Kier molecular flexibility index (Phi) is 2.75. The van der Waals surface area contributed by atoms with Crippen LogP contribution in [-0.2, 0) is 0 Å². The second-order valence-corrected chi connectivity index (χ2v) is 2.13. The number of ether oxygens (including phenoxy) is 1. The molecule has 13 heavy (non-hydrogen) atoms. The van der Waals surface area contributed by atoms with Crippen LogP contribution in [0.5, 0.6) is 5.75 Å². The first-order chi connectivity index (χ1) is 6.19. The van der Waals surface area contributed by atoms with Crippen molar-refractivity contribution in [2.75, 3.05) is 6.86 Å². The molecule has 0 fully saturated rings. The van der Waals surface area contributed by atoms with Crippen molar-refractivity contribution in [2.45, 2.75) is 0 Å². The van der Waals surface area contributed by atoms with E-state index in [4.69, 9.17) is 5.26 Å². The van der Waals surface area contributed by atoms with Crippen LogP contribution in [0.2, 0.25) is 0 Å². The molecule has 68 valence electrons. The summed E-state index contributed by atoms with van der Waals surface area (Å²) < 4.78 is 41.3. The topological polar surface area (TPSA) is 33.0 Å². The molecule has 0 N–H and O–H groups in total. The molecule has 0 saturated carbocycles. The summed E-state index contributed by atoms with van der Waals surface area (Å²) >= 11 is 0. The fourth-order valence-corrected chi connectivity index (χ4v) is 0.809. The van der Waals surface area contributed by atoms with Crippen LogP contribution >= 0.6 is 0 Å². The van der Waals surface area contributed by atoms with Gasteiger partial charge in [0.25, 0.3) is 0 Å². The third-order valence-corrected chi connectivity index (χ3v) is 1.33. The van der Waals surface area contributed by atoms with Gasteiger partial charge in [0.1, 0.15) is 11.9 Å². The molecule has 0 aliphatic carbocycles. The SMILES string of the molecule is N#Cc1cc(F)cc(OCF)c1F. The van der Waals surface area contributed by atoms with Gasteiger partial charge in [-0.2, -0.15) is 5.26 Å². The van der Waals surface area contributed by atoms with E-state index < -0.39 is 29.8 Å². The summed E-state index contributed by atoms with van der Waals surface area (Å²) in [6, 6.07) is 2.80. The molecule has 0 radical (unpaired) electrons. The van der Waals surface area contributed by atoms with Crippen LogP contribution in [0.4, 0.5) is 13.2 Å². The summed E-state index contributed by atoms with van der Waals surface area (Å²) in [5.41, 5.74) is -0.511. The molecule has 0 bridgehead atoms. The van der Waals surface area contributed by atoms with Gasteiger partial charge < -0.3 is 4.74 Å². The Morgan fingerprint density at radius 3 is 2.62 bits per heavy atom. The molecule has 0 aliphatic rings. The molecule has 1 rings (SSSR count). The molecule has 1 aromatic carbocycles. The van der Waals surface area contributed by atoms with E-state index in [1.165, 1.54) is 6.07 Å². The second-order valence-electron chi connectivity index (χ2n) is 2.13. The molecule has 0 unspecified atom stereocenters. The fourth-order valence-electron chi connectivity index (χ4n) is 0.809. The average molecular weight is 187 g/mol. The number of nitrogens with zero attached hydrogens (tertiary/aromatic N) is 1. The minimum absolute atomic E-state index is 0.511. The molecule has 0 saturated heterocycles. The van der Waals surface area contributed by atoms with E-state index in [2.05, 4.69) is 4.74 Å². The molecule has 1 aromatic rings. The highest BCUT2D eigenvalue weighted by molar-refractivity contribution is 5.39. The Labute approximate surface area is 72.2 Å². The number of hydrogen-bond donors (Lipinski definition) is 0. The van der Waals surface area contributed by atoms with Gasteiger partial charge in [-0.15, -0.1) is 0 Å². The Morgan fingerprint density at radius 2 is 2.08 bits per heavy atom. The van der Waals surface area contributed by atoms with Crippen LogP contribution in [0.1, 0.15) is 5.56 Å². The predicted octanol–water partition coefficient (Wildman–Crippen LogP) is 2.14. The van der Waals surface area contributed by atoms with Crippen molar-refractivity contribution in [1.82, 2.24) is 0 Å². The number of nitriles is 1. The number of benzene rings is 1. The van der Waals surface area contributed by atoms with E-state index in [1.54, 1.807) is 0 Å². The zero-order valence-electron chi connectivity index (χ0n) is 6.35. The largest absolute Gasteiger partial charge is 0.460 e. The smallest absolute Gasteiger partial charge is 0.228 e. The summed E-state index contributed by atoms with van der Waals surface area (Å²) in [7, 11) is 0. The number of rotatable bonds is 2. The minimum atomic E-state index is -1.27. The summed E-state index contributed by atoms with van der Waals surface area (Å²) in [6.07, 6.45) is 0. The molecular weight excluding hydrogens is 183 g/mol. The average Bonchev–Trinajstić information content (AvgIpc) is 2.11. The van der Waals surface area contributed by atoms with Crippen molar-refractivity contribution < 1.29 is 17.9 Å². The summed E-state index contributed by atoms with van der Waals surface area (Å²) in [5.74, 6) is -2.50. The molecule has 0 atom stereocenters. The van der Waals surface area contributed by atoms with Gasteiger partial charge >= 0.3 is 0 Å².